The van der Waals surface area contributed by atoms with Crippen molar-refractivity contribution in [3.05, 3.63) is 84.9 Å². The van der Waals surface area contributed by atoms with Crippen molar-refractivity contribution in [1.82, 2.24) is 0 Å². The van der Waals surface area contributed by atoms with Crippen molar-refractivity contribution in [1.29, 1.82) is 0 Å². The van der Waals surface area contributed by atoms with E-state index in [1.807, 2.05) is 60.7 Å². The first-order chi connectivity index (χ1) is 13.2. The standard InChI is InChI=1S/C23H22N2O2/c1-16(18-9-5-3-6-10-18)20-14-26-22(24-20)13-23-25-21(15-27-23)17(2)19-11-7-4-8-12-19/h3-12,20-21H,1-2,13-15H2. The van der Waals surface area contributed by atoms with Crippen molar-refractivity contribution in [3.8, 4) is 0 Å². The Balaban J connectivity index is 1.40. The first-order valence-electron chi connectivity index (χ1n) is 9.08. The Morgan fingerprint density at radius 2 is 1.15 bits per heavy atom. The summed E-state index contributed by atoms with van der Waals surface area (Å²) < 4.78 is 11.5. The predicted octanol–water partition coefficient (Wildman–Crippen LogP) is 4.40. The highest BCUT2D eigenvalue weighted by molar-refractivity contribution is 5.99. The van der Waals surface area contributed by atoms with Crippen molar-refractivity contribution < 1.29 is 9.47 Å². The Labute approximate surface area is 159 Å². The van der Waals surface area contributed by atoms with Crippen LogP contribution >= 0.6 is 0 Å². The van der Waals surface area contributed by atoms with Crippen LogP contribution in [-0.2, 0) is 9.47 Å². The molecule has 0 fully saturated rings. The number of benzene rings is 2. The van der Waals surface area contributed by atoms with Gasteiger partial charge in [0.2, 0.25) is 0 Å². The third kappa shape index (κ3) is 3.85. The predicted molar refractivity (Wildman–Crippen MR) is 110 cm³/mol. The molecule has 27 heavy (non-hydrogen) atoms. The normalized spacial score (nSPS) is 21.0. The average Bonchev–Trinajstić information content (AvgIpc) is 3.38. The van der Waals surface area contributed by atoms with E-state index in [1.165, 1.54) is 0 Å². The van der Waals surface area contributed by atoms with Crippen LogP contribution in [0.2, 0.25) is 0 Å². The summed E-state index contributed by atoms with van der Waals surface area (Å²) in [5.41, 5.74) is 4.11. The molecule has 0 spiro atoms. The van der Waals surface area contributed by atoms with Crippen molar-refractivity contribution >= 4 is 22.9 Å². The number of aliphatic imine (C=N–C) groups is 2. The van der Waals surface area contributed by atoms with Gasteiger partial charge in [0.15, 0.2) is 11.8 Å². The molecule has 0 aliphatic carbocycles. The molecule has 2 aliphatic rings. The molecule has 2 aromatic rings. The molecule has 0 N–H and O–H groups in total. The van der Waals surface area contributed by atoms with Gasteiger partial charge >= 0.3 is 0 Å². The second kappa shape index (κ2) is 7.62. The first-order valence-corrected chi connectivity index (χ1v) is 9.08. The summed E-state index contributed by atoms with van der Waals surface area (Å²) in [5.74, 6) is 1.31. The smallest absolute Gasteiger partial charge is 0.193 e. The number of hydrogen-bond donors (Lipinski definition) is 0. The fourth-order valence-corrected chi connectivity index (χ4v) is 3.22. The fourth-order valence-electron chi connectivity index (χ4n) is 3.22. The summed E-state index contributed by atoms with van der Waals surface area (Å²) in [6.07, 6.45) is 0.469. The maximum absolute atomic E-state index is 5.76. The maximum atomic E-state index is 5.76. The summed E-state index contributed by atoms with van der Waals surface area (Å²) in [7, 11) is 0. The second-order valence-corrected chi connectivity index (χ2v) is 6.66. The van der Waals surface area contributed by atoms with E-state index in [0.29, 0.717) is 31.4 Å². The van der Waals surface area contributed by atoms with Gasteiger partial charge in [0.05, 0.1) is 6.42 Å². The molecule has 2 unspecified atom stereocenters. The van der Waals surface area contributed by atoms with Crippen LogP contribution in [-0.4, -0.2) is 37.1 Å². The molecule has 136 valence electrons. The largest absolute Gasteiger partial charge is 0.478 e. The number of nitrogens with zero attached hydrogens (tertiary/aromatic N) is 2. The lowest BCUT2D eigenvalue weighted by Crippen LogP contribution is -2.09. The van der Waals surface area contributed by atoms with Crippen LogP contribution in [0.5, 0.6) is 0 Å². The second-order valence-electron chi connectivity index (χ2n) is 6.66. The quantitative estimate of drug-likeness (QED) is 0.768. The lowest BCUT2D eigenvalue weighted by atomic mass is 10.0. The zero-order valence-corrected chi connectivity index (χ0v) is 15.2. The highest BCUT2D eigenvalue weighted by Crippen LogP contribution is 2.26. The van der Waals surface area contributed by atoms with Crippen LogP contribution in [0.1, 0.15) is 17.5 Å². The van der Waals surface area contributed by atoms with E-state index in [4.69, 9.17) is 9.47 Å². The number of hydrogen-bond acceptors (Lipinski definition) is 4. The minimum atomic E-state index is -0.0560. The summed E-state index contributed by atoms with van der Waals surface area (Å²) in [5, 5.41) is 0. The Morgan fingerprint density at radius 1 is 0.741 bits per heavy atom. The SMILES string of the molecule is C=C(c1ccccc1)C1COC(CC2=NC(C(=C)c3ccccc3)CO2)=N1. The van der Waals surface area contributed by atoms with Gasteiger partial charge < -0.3 is 9.47 Å². The van der Waals surface area contributed by atoms with Gasteiger partial charge in [-0.3, -0.25) is 0 Å². The van der Waals surface area contributed by atoms with Gasteiger partial charge in [-0.15, -0.1) is 0 Å². The third-order valence-electron chi connectivity index (χ3n) is 4.81. The zero-order valence-electron chi connectivity index (χ0n) is 15.2. The van der Waals surface area contributed by atoms with E-state index in [0.717, 1.165) is 22.3 Å². The molecule has 2 aliphatic heterocycles. The molecule has 0 radical (unpaired) electrons. The monoisotopic (exact) mass is 358 g/mol. The van der Waals surface area contributed by atoms with Gasteiger partial charge in [0, 0.05) is 0 Å². The summed E-state index contributed by atoms with van der Waals surface area (Å²) in [6, 6.07) is 20.0. The lowest BCUT2D eigenvalue weighted by Gasteiger charge is -2.08. The van der Waals surface area contributed by atoms with Crippen LogP contribution in [0.3, 0.4) is 0 Å². The average molecular weight is 358 g/mol. The van der Waals surface area contributed by atoms with E-state index in [1.54, 1.807) is 0 Å². The van der Waals surface area contributed by atoms with E-state index >= 15 is 0 Å². The Hall–Kier alpha value is -3.14. The Kier molecular flexibility index (Phi) is 4.88. The van der Waals surface area contributed by atoms with E-state index in [-0.39, 0.29) is 12.1 Å². The first kappa shape index (κ1) is 17.3. The molecule has 4 heteroatoms. The summed E-state index contributed by atoms with van der Waals surface area (Å²) in [6.45, 7) is 9.38. The fraction of sp³-hybridized carbons (Fsp3) is 0.217. The molecule has 2 heterocycles. The highest BCUT2D eigenvalue weighted by Gasteiger charge is 2.27. The summed E-state index contributed by atoms with van der Waals surface area (Å²) >= 11 is 0. The molecule has 4 rings (SSSR count). The lowest BCUT2D eigenvalue weighted by molar-refractivity contribution is 0.312. The molecular weight excluding hydrogens is 336 g/mol. The van der Waals surface area contributed by atoms with E-state index < -0.39 is 0 Å². The Bertz CT molecular complexity index is 825. The molecular formula is C23H22N2O2. The molecule has 0 bridgehead atoms. The number of rotatable bonds is 6. The molecule has 0 saturated heterocycles. The van der Waals surface area contributed by atoms with Gasteiger partial charge in [-0.25, -0.2) is 9.98 Å². The maximum Gasteiger partial charge on any atom is 0.193 e. The van der Waals surface area contributed by atoms with Crippen LogP contribution in [0.4, 0.5) is 0 Å². The summed E-state index contributed by atoms with van der Waals surface area (Å²) in [4.78, 5) is 9.34. The molecule has 0 aromatic heterocycles. The van der Waals surface area contributed by atoms with Crippen LogP contribution in [0, 0.1) is 0 Å². The van der Waals surface area contributed by atoms with Crippen molar-refractivity contribution in [2.45, 2.75) is 18.5 Å². The van der Waals surface area contributed by atoms with Gasteiger partial charge in [0.25, 0.3) is 0 Å². The van der Waals surface area contributed by atoms with Crippen molar-refractivity contribution in [2.24, 2.45) is 9.98 Å². The zero-order chi connectivity index (χ0) is 18.6. The third-order valence-corrected chi connectivity index (χ3v) is 4.81. The highest BCUT2D eigenvalue weighted by atomic mass is 16.5. The van der Waals surface area contributed by atoms with Crippen LogP contribution < -0.4 is 0 Å². The van der Waals surface area contributed by atoms with Crippen LogP contribution in [0.15, 0.2) is 83.8 Å². The minimum Gasteiger partial charge on any atom is -0.478 e. The molecule has 0 saturated carbocycles. The van der Waals surface area contributed by atoms with Gasteiger partial charge in [0.1, 0.15) is 25.3 Å². The Morgan fingerprint density at radius 3 is 1.56 bits per heavy atom. The molecule has 2 atom stereocenters. The molecule has 0 amide bonds. The van der Waals surface area contributed by atoms with Gasteiger partial charge in [-0.2, -0.15) is 0 Å². The van der Waals surface area contributed by atoms with Crippen LogP contribution in [0.25, 0.3) is 11.1 Å². The van der Waals surface area contributed by atoms with Crippen molar-refractivity contribution in [2.75, 3.05) is 13.2 Å². The topological polar surface area (TPSA) is 43.2 Å². The van der Waals surface area contributed by atoms with E-state index in [9.17, 15) is 0 Å². The van der Waals surface area contributed by atoms with Crippen molar-refractivity contribution in [3.63, 3.8) is 0 Å². The minimum absolute atomic E-state index is 0.0560. The van der Waals surface area contributed by atoms with Gasteiger partial charge in [-0.05, 0) is 22.3 Å². The molecule has 2 aromatic carbocycles. The van der Waals surface area contributed by atoms with Gasteiger partial charge in [-0.1, -0.05) is 73.8 Å². The number of ether oxygens (including phenoxy) is 2. The van der Waals surface area contributed by atoms with E-state index in [2.05, 4.69) is 23.1 Å². The molecule has 4 nitrogen and oxygen atoms in total.